The lowest BCUT2D eigenvalue weighted by Crippen LogP contribution is -2.26. The number of nitrogens with zero attached hydrogens (tertiary/aromatic N) is 1. The topological polar surface area (TPSA) is 114 Å². The van der Waals surface area contributed by atoms with Gasteiger partial charge in [-0.1, -0.05) is 0 Å². The van der Waals surface area contributed by atoms with Crippen LogP contribution in [0.3, 0.4) is 0 Å². The zero-order valence-electron chi connectivity index (χ0n) is 10.7. The van der Waals surface area contributed by atoms with Crippen LogP contribution >= 0.6 is 0 Å². The van der Waals surface area contributed by atoms with E-state index in [2.05, 4.69) is 15.0 Å². The number of amides is 1. The van der Waals surface area contributed by atoms with Gasteiger partial charge in [0.25, 0.3) is 10.0 Å². The molecule has 0 spiro atoms. The fourth-order valence-electron chi connectivity index (χ4n) is 1.49. The van der Waals surface area contributed by atoms with Crippen molar-refractivity contribution < 1.29 is 13.2 Å². The number of sulfonamides is 1. The monoisotopic (exact) mass is 286 g/mol. The van der Waals surface area contributed by atoms with Gasteiger partial charge in [0, 0.05) is 26.2 Å². The van der Waals surface area contributed by atoms with Crippen LogP contribution < -0.4 is 15.8 Å². The maximum Gasteiger partial charge on any atom is 0.260 e. The number of hydrogen-bond donors (Lipinski definition) is 3. The maximum absolute atomic E-state index is 12.0. The van der Waals surface area contributed by atoms with E-state index >= 15 is 0 Å². The van der Waals surface area contributed by atoms with Crippen molar-refractivity contribution in [3.63, 3.8) is 0 Å². The first-order valence-electron chi connectivity index (χ1n) is 5.88. The second-order valence-corrected chi connectivity index (χ2v) is 5.61. The van der Waals surface area contributed by atoms with Gasteiger partial charge >= 0.3 is 0 Å². The number of anilines is 1. The highest BCUT2D eigenvalue weighted by molar-refractivity contribution is 7.89. The van der Waals surface area contributed by atoms with Crippen LogP contribution in [0, 0.1) is 0 Å². The summed E-state index contributed by atoms with van der Waals surface area (Å²) in [7, 11) is -2.02. The van der Waals surface area contributed by atoms with E-state index in [4.69, 9.17) is 5.73 Å². The van der Waals surface area contributed by atoms with Crippen LogP contribution in [-0.2, 0) is 14.8 Å². The summed E-state index contributed by atoms with van der Waals surface area (Å²) in [6, 6.07) is 3.28. The van der Waals surface area contributed by atoms with Gasteiger partial charge in [0.05, 0.1) is 5.69 Å². The van der Waals surface area contributed by atoms with Gasteiger partial charge in [0.2, 0.25) is 5.91 Å². The molecule has 19 heavy (non-hydrogen) atoms. The van der Waals surface area contributed by atoms with Gasteiger partial charge in [0.1, 0.15) is 0 Å². The molecule has 106 valence electrons. The molecule has 0 aliphatic carbocycles. The van der Waals surface area contributed by atoms with Crippen LogP contribution in [0.4, 0.5) is 5.69 Å². The summed E-state index contributed by atoms with van der Waals surface area (Å²) in [5.41, 5.74) is 5.43. The van der Waals surface area contributed by atoms with E-state index in [9.17, 15) is 13.2 Å². The molecule has 0 aliphatic heterocycles. The van der Waals surface area contributed by atoms with E-state index < -0.39 is 10.0 Å². The standard InChI is InChI=1S/C11H18N4O3S/c1-13-9-5-4-7-14-11(9)19(17,18)15-8-3-2-6-10(12)16/h4-5,7,13,15H,2-3,6,8H2,1H3,(H2,12,16). The molecule has 1 aromatic heterocycles. The molecule has 4 N–H and O–H groups in total. The first-order valence-corrected chi connectivity index (χ1v) is 7.36. The van der Waals surface area contributed by atoms with Crippen LogP contribution in [0.1, 0.15) is 19.3 Å². The minimum atomic E-state index is -3.64. The average molecular weight is 286 g/mol. The van der Waals surface area contributed by atoms with E-state index in [1.807, 2.05) is 0 Å². The van der Waals surface area contributed by atoms with E-state index in [1.54, 1.807) is 19.2 Å². The predicted octanol–water partition coefficient (Wildman–Crippen LogP) is 0.0572. The molecule has 8 heteroatoms. The van der Waals surface area contributed by atoms with Crippen molar-refractivity contribution in [2.75, 3.05) is 18.9 Å². The third kappa shape index (κ3) is 4.84. The fourth-order valence-corrected chi connectivity index (χ4v) is 2.70. The average Bonchev–Trinajstić information content (AvgIpc) is 2.37. The molecule has 0 radical (unpaired) electrons. The minimum absolute atomic E-state index is 0.0348. The van der Waals surface area contributed by atoms with E-state index in [0.717, 1.165) is 0 Å². The Balaban J connectivity index is 2.59. The second-order valence-electron chi connectivity index (χ2n) is 3.93. The lowest BCUT2D eigenvalue weighted by atomic mass is 10.2. The molecule has 0 aliphatic rings. The smallest absolute Gasteiger partial charge is 0.260 e. The Hall–Kier alpha value is -1.67. The van der Waals surface area contributed by atoms with Crippen molar-refractivity contribution in [1.29, 1.82) is 0 Å². The Kier molecular flexibility index (Phi) is 5.71. The van der Waals surface area contributed by atoms with Gasteiger partial charge in [-0.15, -0.1) is 0 Å². The summed E-state index contributed by atoms with van der Waals surface area (Å²) in [4.78, 5) is 14.4. The van der Waals surface area contributed by atoms with Gasteiger partial charge in [-0.3, -0.25) is 4.79 Å². The summed E-state index contributed by atoms with van der Waals surface area (Å²) in [6.45, 7) is 0.245. The van der Waals surface area contributed by atoms with Crippen LogP contribution in [0.25, 0.3) is 0 Å². The third-order valence-corrected chi connectivity index (χ3v) is 3.86. The van der Waals surface area contributed by atoms with E-state index in [1.165, 1.54) is 6.20 Å². The number of rotatable bonds is 8. The Labute approximate surface area is 112 Å². The number of aromatic nitrogens is 1. The highest BCUT2D eigenvalue weighted by atomic mass is 32.2. The van der Waals surface area contributed by atoms with Crippen molar-refractivity contribution in [2.24, 2.45) is 5.73 Å². The zero-order chi connectivity index (χ0) is 14.3. The molecule has 0 atom stereocenters. The van der Waals surface area contributed by atoms with Crippen molar-refractivity contribution in [1.82, 2.24) is 9.71 Å². The lowest BCUT2D eigenvalue weighted by Gasteiger charge is -2.09. The first kappa shape index (κ1) is 15.4. The van der Waals surface area contributed by atoms with Crippen LogP contribution in [0.2, 0.25) is 0 Å². The fraction of sp³-hybridized carbons (Fsp3) is 0.455. The number of unbranched alkanes of at least 4 members (excludes halogenated alkanes) is 1. The SMILES string of the molecule is CNc1cccnc1S(=O)(=O)NCCCCC(N)=O. The molecule has 1 aromatic rings. The largest absolute Gasteiger partial charge is 0.386 e. The molecule has 0 fully saturated rings. The number of carbonyl (C=O) groups is 1. The molecular formula is C11H18N4O3S. The summed E-state index contributed by atoms with van der Waals surface area (Å²) in [5, 5.41) is 2.74. The Morgan fingerprint density at radius 3 is 2.79 bits per heavy atom. The summed E-state index contributed by atoms with van der Waals surface area (Å²) in [6.07, 6.45) is 2.78. The van der Waals surface area contributed by atoms with E-state index in [0.29, 0.717) is 18.5 Å². The van der Waals surface area contributed by atoms with Gasteiger partial charge in [-0.25, -0.2) is 18.1 Å². The molecular weight excluding hydrogens is 268 g/mol. The summed E-state index contributed by atoms with van der Waals surface area (Å²) < 4.78 is 26.4. The van der Waals surface area contributed by atoms with Crippen LogP contribution in [-0.4, -0.2) is 32.9 Å². The Bertz CT molecular complexity index is 530. The van der Waals surface area contributed by atoms with Crippen LogP contribution in [0.5, 0.6) is 0 Å². The highest BCUT2D eigenvalue weighted by Gasteiger charge is 2.18. The van der Waals surface area contributed by atoms with Gasteiger partial charge in [-0.05, 0) is 25.0 Å². The summed E-state index contributed by atoms with van der Waals surface area (Å²) >= 11 is 0. The van der Waals surface area contributed by atoms with E-state index in [-0.39, 0.29) is 23.9 Å². The van der Waals surface area contributed by atoms with Gasteiger partial charge in [0.15, 0.2) is 5.03 Å². The van der Waals surface area contributed by atoms with Crippen LogP contribution in [0.15, 0.2) is 23.4 Å². The van der Waals surface area contributed by atoms with Gasteiger partial charge in [-0.2, -0.15) is 0 Å². The molecule has 1 amide bonds. The molecule has 0 saturated heterocycles. The molecule has 7 nitrogen and oxygen atoms in total. The number of pyridine rings is 1. The third-order valence-electron chi connectivity index (χ3n) is 2.44. The zero-order valence-corrected chi connectivity index (χ0v) is 11.5. The van der Waals surface area contributed by atoms with Gasteiger partial charge < -0.3 is 11.1 Å². The molecule has 0 saturated carbocycles. The van der Waals surface area contributed by atoms with Crippen molar-refractivity contribution in [3.05, 3.63) is 18.3 Å². The number of nitrogens with one attached hydrogen (secondary N) is 2. The number of nitrogens with two attached hydrogens (primary N) is 1. The second kappa shape index (κ2) is 7.05. The molecule has 1 heterocycles. The normalized spacial score (nSPS) is 11.2. The first-order chi connectivity index (χ1) is 8.97. The summed E-state index contributed by atoms with van der Waals surface area (Å²) in [5.74, 6) is -0.384. The van der Waals surface area contributed by atoms with Crippen molar-refractivity contribution in [2.45, 2.75) is 24.3 Å². The van der Waals surface area contributed by atoms with Crippen molar-refractivity contribution in [3.8, 4) is 0 Å². The number of primary amides is 1. The minimum Gasteiger partial charge on any atom is -0.386 e. The molecule has 0 unspecified atom stereocenters. The number of carbonyl (C=O) groups excluding carboxylic acids is 1. The maximum atomic E-state index is 12.0. The number of hydrogen-bond acceptors (Lipinski definition) is 5. The lowest BCUT2D eigenvalue weighted by molar-refractivity contribution is -0.118. The molecule has 1 rings (SSSR count). The molecule has 0 aromatic carbocycles. The van der Waals surface area contributed by atoms with Crippen molar-refractivity contribution >= 4 is 21.6 Å². The predicted molar refractivity (Wildman–Crippen MR) is 72.0 cm³/mol. The quantitative estimate of drug-likeness (QED) is 0.584. The molecule has 0 bridgehead atoms. The Morgan fingerprint density at radius 2 is 2.16 bits per heavy atom. The highest BCUT2D eigenvalue weighted by Crippen LogP contribution is 2.16. The Morgan fingerprint density at radius 1 is 1.42 bits per heavy atom.